The molecule has 0 saturated carbocycles. The van der Waals surface area contributed by atoms with Gasteiger partial charge in [-0.1, -0.05) is 41.0 Å². The third kappa shape index (κ3) is 9.38. The van der Waals surface area contributed by atoms with Gasteiger partial charge in [0.05, 0.1) is 35.4 Å². The molecule has 11 nitrogen and oxygen atoms in total. The summed E-state index contributed by atoms with van der Waals surface area (Å²) in [6, 6.07) is 8.35. The molecule has 15 heteroatoms. The van der Waals surface area contributed by atoms with Crippen LogP contribution in [-0.2, 0) is 41.4 Å². The Bertz CT molecular complexity index is 1100. The van der Waals surface area contributed by atoms with Gasteiger partial charge in [-0.3, -0.25) is 14.9 Å². The first-order valence-corrected chi connectivity index (χ1v) is 10.1. The number of alkyl halides is 3. The summed E-state index contributed by atoms with van der Waals surface area (Å²) >= 11 is 5.75. The SMILES string of the molecule is COC(=O)COC(=O)CO/N=C/c1ccc(COC(Oc2ccc(C(F)(F)F)cc2Cl)[N+](=O)[O-])cc1. The van der Waals surface area contributed by atoms with E-state index in [-0.39, 0.29) is 12.4 Å². The number of halogens is 4. The fraction of sp³-hybridized carbons (Fsp3) is 0.286. The maximum absolute atomic E-state index is 12.7. The summed E-state index contributed by atoms with van der Waals surface area (Å²) in [5, 5.41) is 14.3. The number of hydrogen-bond acceptors (Lipinski definition) is 10. The quantitative estimate of drug-likeness (QED) is 0.131. The zero-order valence-electron chi connectivity index (χ0n) is 18.4. The molecule has 0 amide bonds. The normalized spacial score (nSPS) is 12.1. The Morgan fingerprint density at radius 3 is 2.42 bits per heavy atom. The highest BCUT2D eigenvalue weighted by atomic mass is 35.5. The second-order valence-electron chi connectivity index (χ2n) is 6.65. The molecule has 0 aromatic heterocycles. The van der Waals surface area contributed by atoms with Crippen molar-refractivity contribution in [3.63, 3.8) is 0 Å². The van der Waals surface area contributed by atoms with Gasteiger partial charge in [0.25, 0.3) is 0 Å². The number of hydrogen-bond donors (Lipinski definition) is 0. The molecule has 0 radical (unpaired) electrons. The van der Waals surface area contributed by atoms with E-state index in [9.17, 15) is 32.9 Å². The van der Waals surface area contributed by atoms with Crippen LogP contribution in [0.25, 0.3) is 0 Å². The van der Waals surface area contributed by atoms with E-state index < -0.39 is 53.3 Å². The van der Waals surface area contributed by atoms with Crippen LogP contribution in [0, 0.1) is 10.1 Å². The minimum atomic E-state index is -4.64. The van der Waals surface area contributed by atoms with E-state index in [1.54, 1.807) is 24.3 Å². The lowest BCUT2D eigenvalue weighted by Gasteiger charge is -2.14. The molecular formula is C21H18ClF3N2O9. The molecule has 0 aliphatic rings. The fourth-order valence-electron chi connectivity index (χ4n) is 2.31. The maximum Gasteiger partial charge on any atom is 0.475 e. The Hall–Kier alpha value is -3.91. The number of esters is 2. The Kier molecular flexibility index (Phi) is 10.4. The van der Waals surface area contributed by atoms with Crippen LogP contribution in [0.3, 0.4) is 0 Å². The summed E-state index contributed by atoms with van der Waals surface area (Å²) in [5.41, 5.74) is -0.000314. The van der Waals surface area contributed by atoms with Crippen LogP contribution in [0.1, 0.15) is 16.7 Å². The first-order chi connectivity index (χ1) is 17.0. The fourth-order valence-corrected chi connectivity index (χ4v) is 2.54. The van der Waals surface area contributed by atoms with E-state index in [0.29, 0.717) is 23.3 Å². The number of nitro groups is 1. The number of rotatable bonds is 12. The molecule has 1 atom stereocenters. The molecule has 0 bridgehead atoms. The Morgan fingerprint density at radius 1 is 1.14 bits per heavy atom. The monoisotopic (exact) mass is 534 g/mol. The molecule has 36 heavy (non-hydrogen) atoms. The summed E-state index contributed by atoms with van der Waals surface area (Å²) in [5.74, 6) is -1.91. The van der Waals surface area contributed by atoms with Crippen LogP contribution in [0.2, 0.25) is 5.02 Å². The second kappa shape index (κ2) is 13.3. The molecule has 0 aliphatic heterocycles. The lowest BCUT2D eigenvalue weighted by molar-refractivity contribution is -0.621. The highest BCUT2D eigenvalue weighted by Crippen LogP contribution is 2.35. The molecule has 0 N–H and O–H groups in total. The van der Waals surface area contributed by atoms with Gasteiger partial charge in [-0.25, -0.2) is 9.59 Å². The number of ether oxygens (including phenoxy) is 4. The minimum absolute atomic E-state index is 0.274. The van der Waals surface area contributed by atoms with Gasteiger partial charge in [-0.05, 0) is 29.3 Å². The van der Waals surface area contributed by atoms with Crippen LogP contribution < -0.4 is 4.74 Å². The number of oxime groups is 1. The average molecular weight is 535 g/mol. The zero-order valence-corrected chi connectivity index (χ0v) is 19.2. The standard InChI is InChI=1S/C21H18ClF3N2O9/c1-32-18(28)11-33-19(29)12-35-26-9-13-2-4-14(5-3-13)10-34-20(27(30)31)36-17-7-6-15(8-16(17)22)21(23,24)25/h2-9,20H,10-12H2,1H3/b26-9+. The van der Waals surface area contributed by atoms with Gasteiger partial charge >= 0.3 is 24.5 Å². The van der Waals surface area contributed by atoms with E-state index in [1.807, 2.05) is 0 Å². The topological polar surface area (TPSA) is 136 Å². The van der Waals surface area contributed by atoms with Gasteiger partial charge in [0.15, 0.2) is 6.61 Å². The van der Waals surface area contributed by atoms with Gasteiger partial charge in [-0.15, -0.1) is 0 Å². The van der Waals surface area contributed by atoms with E-state index in [1.165, 1.54) is 6.21 Å². The number of carbonyl (C=O) groups is 2. The van der Waals surface area contributed by atoms with Crippen molar-refractivity contribution in [2.24, 2.45) is 5.16 Å². The Morgan fingerprint density at radius 2 is 1.83 bits per heavy atom. The Balaban J connectivity index is 1.86. The second-order valence-corrected chi connectivity index (χ2v) is 7.06. The first kappa shape index (κ1) is 28.3. The average Bonchev–Trinajstić information content (AvgIpc) is 2.83. The van der Waals surface area contributed by atoms with Gasteiger partial charge in [-0.2, -0.15) is 13.2 Å². The molecule has 1 unspecified atom stereocenters. The predicted molar refractivity (Wildman–Crippen MR) is 116 cm³/mol. The smallest absolute Gasteiger partial charge is 0.466 e. The zero-order chi connectivity index (χ0) is 26.7. The summed E-state index contributed by atoms with van der Waals surface area (Å²) in [7, 11) is 1.14. The van der Waals surface area contributed by atoms with Crippen LogP contribution in [0.15, 0.2) is 47.6 Å². The van der Waals surface area contributed by atoms with Crippen LogP contribution in [-0.4, -0.2) is 49.8 Å². The van der Waals surface area contributed by atoms with Crippen molar-refractivity contribution in [2.75, 3.05) is 20.3 Å². The minimum Gasteiger partial charge on any atom is -0.466 e. The molecule has 0 aliphatic carbocycles. The van der Waals surface area contributed by atoms with Crippen LogP contribution in [0.4, 0.5) is 13.2 Å². The van der Waals surface area contributed by atoms with Gasteiger partial charge in [0.1, 0.15) is 5.75 Å². The molecular weight excluding hydrogens is 517 g/mol. The van der Waals surface area contributed by atoms with Crippen LogP contribution in [0.5, 0.6) is 5.75 Å². The third-order valence-corrected chi connectivity index (χ3v) is 4.36. The van der Waals surface area contributed by atoms with Crippen molar-refractivity contribution in [2.45, 2.75) is 19.2 Å². The first-order valence-electron chi connectivity index (χ1n) is 9.75. The Labute approximate surface area is 206 Å². The van der Waals surface area contributed by atoms with Crippen molar-refractivity contribution in [1.82, 2.24) is 0 Å². The van der Waals surface area contributed by atoms with Crippen molar-refractivity contribution >= 4 is 29.8 Å². The van der Waals surface area contributed by atoms with Gasteiger partial charge in [0, 0.05) is 0 Å². The lowest BCUT2D eigenvalue weighted by Crippen LogP contribution is -2.29. The number of methoxy groups -OCH3 is 1. The molecule has 0 saturated heterocycles. The maximum atomic E-state index is 12.7. The molecule has 2 aromatic carbocycles. The van der Waals surface area contributed by atoms with E-state index in [4.69, 9.17) is 25.9 Å². The molecule has 194 valence electrons. The number of benzene rings is 2. The molecule has 0 heterocycles. The summed E-state index contributed by atoms with van der Waals surface area (Å²) in [4.78, 5) is 37.3. The predicted octanol–water partition coefficient (Wildman–Crippen LogP) is 3.58. The molecule has 0 fully saturated rings. The van der Waals surface area contributed by atoms with Crippen molar-refractivity contribution in [1.29, 1.82) is 0 Å². The van der Waals surface area contributed by atoms with Crippen molar-refractivity contribution in [3.05, 3.63) is 74.3 Å². The number of nitrogens with zero attached hydrogens (tertiary/aromatic N) is 2. The summed E-state index contributed by atoms with van der Waals surface area (Å²) in [6.45, 7) is -1.36. The highest BCUT2D eigenvalue weighted by Gasteiger charge is 2.32. The molecule has 0 spiro atoms. The van der Waals surface area contributed by atoms with Gasteiger partial charge in [0.2, 0.25) is 6.61 Å². The van der Waals surface area contributed by atoms with Gasteiger partial charge < -0.3 is 19.0 Å². The third-order valence-electron chi connectivity index (χ3n) is 4.07. The van der Waals surface area contributed by atoms with E-state index in [2.05, 4.69) is 14.6 Å². The molecule has 2 aromatic rings. The van der Waals surface area contributed by atoms with E-state index >= 15 is 0 Å². The van der Waals surface area contributed by atoms with Crippen molar-refractivity contribution in [3.8, 4) is 5.75 Å². The lowest BCUT2D eigenvalue weighted by atomic mass is 10.1. The number of carbonyl (C=O) groups excluding carboxylic acids is 2. The highest BCUT2D eigenvalue weighted by molar-refractivity contribution is 6.32. The summed E-state index contributed by atoms with van der Waals surface area (Å²) in [6.07, 6.45) is -5.40. The van der Waals surface area contributed by atoms with Crippen LogP contribution >= 0.6 is 11.6 Å². The van der Waals surface area contributed by atoms with Crippen molar-refractivity contribution < 1.29 is 51.5 Å². The van der Waals surface area contributed by atoms with E-state index in [0.717, 1.165) is 13.2 Å². The molecule has 2 rings (SSSR count). The largest absolute Gasteiger partial charge is 0.475 e. The summed E-state index contributed by atoms with van der Waals surface area (Å²) < 4.78 is 57.2.